The number of hydrogen-bond acceptors (Lipinski definition) is 2. The number of aryl methyl sites for hydroxylation is 1. The summed E-state index contributed by atoms with van der Waals surface area (Å²) in [7, 11) is 0. The summed E-state index contributed by atoms with van der Waals surface area (Å²) in [6, 6.07) is 6.78. The van der Waals surface area contributed by atoms with Gasteiger partial charge < -0.3 is 5.11 Å². The number of pyridine rings is 1. The molecular formula is C11H8ClNO2. The minimum atomic E-state index is -0.991. The number of halogens is 1. The first kappa shape index (κ1) is 9.93. The Bertz CT molecular complexity index is 552. The smallest absolute Gasteiger partial charge is 0.336 e. The number of benzene rings is 1. The van der Waals surface area contributed by atoms with Gasteiger partial charge >= 0.3 is 5.97 Å². The number of para-hydroxylation sites is 1. The Kier molecular flexibility index (Phi) is 2.32. The van der Waals surface area contributed by atoms with E-state index in [4.69, 9.17) is 16.7 Å². The lowest BCUT2D eigenvalue weighted by molar-refractivity contribution is 0.0699. The zero-order chi connectivity index (χ0) is 11.0. The van der Waals surface area contributed by atoms with Gasteiger partial charge in [0.1, 0.15) is 5.15 Å². The lowest BCUT2D eigenvalue weighted by atomic mass is 10.1. The number of nitrogens with zero attached hydrogens (tertiary/aromatic N) is 1. The second-order valence-corrected chi connectivity index (χ2v) is 3.66. The Morgan fingerprint density at radius 2 is 2.20 bits per heavy atom. The van der Waals surface area contributed by atoms with Crippen LogP contribution in [0.25, 0.3) is 10.9 Å². The summed E-state index contributed by atoms with van der Waals surface area (Å²) in [5.74, 6) is -0.991. The third kappa shape index (κ3) is 1.66. The second-order valence-electron chi connectivity index (χ2n) is 3.27. The van der Waals surface area contributed by atoms with E-state index in [2.05, 4.69) is 4.98 Å². The summed E-state index contributed by atoms with van der Waals surface area (Å²) in [6.45, 7) is 1.87. The van der Waals surface area contributed by atoms with E-state index in [1.807, 2.05) is 13.0 Å². The van der Waals surface area contributed by atoms with Crippen LogP contribution >= 0.6 is 11.6 Å². The maximum atomic E-state index is 11.0. The maximum Gasteiger partial charge on any atom is 0.336 e. The summed E-state index contributed by atoms with van der Waals surface area (Å²) in [4.78, 5) is 15.1. The second kappa shape index (κ2) is 3.51. The van der Waals surface area contributed by atoms with Crippen LogP contribution in [0.15, 0.2) is 24.3 Å². The average Bonchev–Trinajstić information content (AvgIpc) is 2.18. The molecule has 2 aromatic rings. The van der Waals surface area contributed by atoms with Crippen molar-refractivity contribution in [2.75, 3.05) is 0 Å². The van der Waals surface area contributed by atoms with Crippen LogP contribution < -0.4 is 0 Å². The maximum absolute atomic E-state index is 11.0. The van der Waals surface area contributed by atoms with Crippen LogP contribution in [0.5, 0.6) is 0 Å². The number of aromatic carboxylic acids is 1. The minimum Gasteiger partial charge on any atom is -0.478 e. The Morgan fingerprint density at radius 3 is 2.87 bits per heavy atom. The van der Waals surface area contributed by atoms with E-state index in [0.29, 0.717) is 10.9 Å². The van der Waals surface area contributed by atoms with E-state index in [-0.39, 0.29) is 10.7 Å². The standard InChI is InChI=1S/C11H8ClNO2/c1-6-3-2-4-7-8(11(14)15)5-9(12)13-10(6)7/h2-5H,1H3,(H,14,15). The Hall–Kier alpha value is -1.61. The highest BCUT2D eigenvalue weighted by Gasteiger charge is 2.11. The zero-order valence-electron chi connectivity index (χ0n) is 7.99. The zero-order valence-corrected chi connectivity index (χ0v) is 8.75. The normalized spacial score (nSPS) is 10.5. The van der Waals surface area contributed by atoms with Gasteiger partial charge in [0.05, 0.1) is 11.1 Å². The molecule has 0 amide bonds. The fourth-order valence-electron chi connectivity index (χ4n) is 1.54. The molecule has 0 aliphatic heterocycles. The molecule has 0 saturated heterocycles. The van der Waals surface area contributed by atoms with Crippen molar-refractivity contribution in [1.29, 1.82) is 0 Å². The highest BCUT2D eigenvalue weighted by molar-refractivity contribution is 6.30. The van der Waals surface area contributed by atoms with Gasteiger partial charge in [0.25, 0.3) is 0 Å². The molecule has 0 aliphatic rings. The van der Waals surface area contributed by atoms with E-state index >= 15 is 0 Å². The Balaban J connectivity index is 2.92. The molecule has 4 heteroatoms. The van der Waals surface area contributed by atoms with Crippen molar-refractivity contribution in [3.8, 4) is 0 Å². The van der Waals surface area contributed by atoms with Gasteiger partial charge in [-0.15, -0.1) is 0 Å². The third-order valence-electron chi connectivity index (χ3n) is 2.24. The van der Waals surface area contributed by atoms with Gasteiger partial charge in [0.15, 0.2) is 0 Å². The summed E-state index contributed by atoms with van der Waals surface area (Å²) in [5.41, 5.74) is 1.74. The lowest BCUT2D eigenvalue weighted by Crippen LogP contribution is -1.99. The van der Waals surface area contributed by atoms with Crippen LogP contribution in [0.3, 0.4) is 0 Å². The van der Waals surface area contributed by atoms with Crippen LogP contribution in [0.2, 0.25) is 5.15 Å². The monoisotopic (exact) mass is 221 g/mol. The topological polar surface area (TPSA) is 50.2 Å². The summed E-state index contributed by atoms with van der Waals surface area (Å²) in [6.07, 6.45) is 0. The predicted molar refractivity (Wildman–Crippen MR) is 58.4 cm³/mol. The molecule has 0 saturated carbocycles. The molecule has 0 fully saturated rings. The van der Waals surface area contributed by atoms with E-state index in [1.54, 1.807) is 12.1 Å². The largest absolute Gasteiger partial charge is 0.478 e. The van der Waals surface area contributed by atoms with Crippen molar-refractivity contribution in [2.45, 2.75) is 6.92 Å². The van der Waals surface area contributed by atoms with Crippen molar-refractivity contribution < 1.29 is 9.90 Å². The first-order valence-electron chi connectivity index (χ1n) is 4.39. The van der Waals surface area contributed by atoms with E-state index in [0.717, 1.165) is 5.56 Å². The molecule has 1 aromatic carbocycles. The highest BCUT2D eigenvalue weighted by Crippen LogP contribution is 2.23. The summed E-state index contributed by atoms with van der Waals surface area (Å²) < 4.78 is 0. The fourth-order valence-corrected chi connectivity index (χ4v) is 1.73. The van der Waals surface area contributed by atoms with Gasteiger partial charge in [-0.05, 0) is 18.6 Å². The number of rotatable bonds is 1. The Labute approximate surface area is 91.3 Å². The van der Waals surface area contributed by atoms with Gasteiger partial charge in [-0.25, -0.2) is 9.78 Å². The van der Waals surface area contributed by atoms with Crippen molar-refractivity contribution in [3.05, 3.63) is 40.5 Å². The number of aromatic nitrogens is 1. The molecule has 0 spiro atoms. The quantitative estimate of drug-likeness (QED) is 0.754. The molecule has 15 heavy (non-hydrogen) atoms. The molecule has 1 heterocycles. The first-order valence-corrected chi connectivity index (χ1v) is 4.76. The summed E-state index contributed by atoms with van der Waals surface area (Å²) in [5, 5.41) is 9.83. The predicted octanol–water partition coefficient (Wildman–Crippen LogP) is 2.89. The molecular weight excluding hydrogens is 214 g/mol. The van der Waals surface area contributed by atoms with Crippen LogP contribution in [-0.4, -0.2) is 16.1 Å². The summed E-state index contributed by atoms with van der Waals surface area (Å²) >= 11 is 5.77. The number of carbonyl (C=O) groups is 1. The SMILES string of the molecule is Cc1cccc2c(C(=O)O)cc(Cl)nc12. The molecule has 1 aromatic heterocycles. The molecule has 0 radical (unpaired) electrons. The number of fused-ring (bicyclic) bond motifs is 1. The molecule has 0 atom stereocenters. The van der Waals surface area contributed by atoms with Crippen molar-refractivity contribution in [1.82, 2.24) is 4.98 Å². The number of hydrogen-bond donors (Lipinski definition) is 1. The van der Waals surface area contributed by atoms with Crippen LogP contribution in [0.1, 0.15) is 15.9 Å². The van der Waals surface area contributed by atoms with Crippen LogP contribution in [-0.2, 0) is 0 Å². The average molecular weight is 222 g/mol. The fraction of sp³-hybridized carbons (Fsp3) is 0.0909. The van der Waals surface area contributed by atoms with E-state index in [9.17, 15) is 4.79 Å². The van der Waals surface area contributed by atoms with E-state index in [1.165, 1.54) is 6.07 Å². The molecule has 76 valence electrons. The third-order valence-corrected chi connectivity index (χ3v) is 2.43. The van der Waals surface area contributed by atoms with E-state index < -0.39 is 5.97 Å². The van der Waals surface area contributed by atoms with Crippen molar-refractivity contribution in [3.63, 3.8) is 0 Å². The van der Waals surface area contributed by atoms with Gasteiger partial charge in [0, 0.05) is 5.39 Å². The molecule has 0 unspecified atom stereocenters. The van der Waals surface area contributed by atoms with Crippen LogP contribution in [0, 0.1) is 6.92 Å². The molecule has 1 N–H and O–H groups in total. The first-order chi connectivity index (χ1) is 7.09. The van der Waals surface area contributed by atoms with Crippen molar-refractivity contribution in [2.24, 2.45) is 0 Å². The molecule has 3 nitrogen and oxygen atoms in total. The molecule has 2 rings (SSSR count). The van der Waals surface area contributed by atoms with Gasteiger partial charge in [-0.1, -0.05) is 29.8 Å². The van der Waals surface area contributed by atoms with Crippen LogP contribution in [0.4, 0.5) is 0 Å². The highest BCUT2D eigenvalue weighted by atomic mass is 35.5. The minimum absolute atomic E-state index is 0.189. The Morgan fingerprint density at radius 1 is 1.47 bits per heavy atom. The van der Waals surface area contributed by atoms with Gasteiger partial charge in [0.2, 0.25) is 0 Å². The molecule has 0 aliphatic carbocycles. The molecule has 0 bridgehead atoms. The van der Waals surface area contributed by atoms with Gasteiger partial charge in [-0.2, -0.15) is 0 Å². The number of carboxylic acid groups (broad SMARTS) is 1. The van der Waals surface area contributed by atoms with Gasteiger partial charge in [-0.3, -0.25) is 0 Å². The van der Waals surface area contributed by atoms with Crippen molar-refractivity contribution >= 4 is 28.5 Å². The lowest BCUT2D eigenvalue weighted by Gasteiger charge is -2.04. The number of carboxylic acids is 1.